The zero-order chi connectivity index (χ0) is 9.68. The lowest BCUT2D eigenvalue weighted by atomic mass is 10.3. The van der Waals surface area contributed by atoms with Crippen molar-refractivity contribution in [3.63, 3.8) is 0 Å². The molecule has 0 fully saturated rings. The maximum absolute atomic E-state index is 5.41. The molecule has 72 valence electrons. The lowest BCUT2D eigenvalue weighted by molar-refractivity contribution is 0.767. The van der Waals surface area contributed by atoms with Gasteiger partial charge in [-0.25, -0.2) is 0 Å². The summed E-state index contributed by atoms with van der Waals surface area (Å²) < 4.78 is 1.78. The number of hydrogen-bond acceptors (Lipinski definition) is 4. The summed E-state index contributed by atoms with van der Waals surface area (Å²) in [5.74, 6) is 5.85. The van der Waals surface area contributed by atoms with E-state index in [0.717, 1.165) is 12.2 Å². The summed E-state index contributed by atoms with van der Waals surface area (Å²) in [7, 11) is 1.90. The first-order valence-corrected chi connectivity index (χ1v) is 4.84. The van der Waals surface area contributed by atoms with Gasteiger partial charge in [0.1, 0.15) is 0 Å². The smallest absolute Gasteiger partial charge is 0.177 e. The first kappa shape index (κ1) is 9.91. The van der Waals surface area contributed by atoms with Crippen LogP contribution in [-0.4, -0.2) is 20.7 Å². The quantitative estimate of drug-likeness (QED) is 0.308. The van der Waals surface area contributed by atoms with Crippen LogP contribution in [0.1, 0.15) is 5.56 Å². The van der Waals surface area contributed by atoms with Gasteiger partial charge >= 0.3 is 0 Å². The Balaban J connectivity index is 2.28. The predicted octanol–water partition coefficient (Wildman–Crippen LogP) is -0.116. The topological polar surface area (TPSA) is 82.2 Å². The first-order chi connectivity index (χ1) is 6.22. The Morgan fingerprint density at radius 1 is 1.77 bits per heavy atom. The van der Waals surface area contributed by atoms with E-state index in [1.165, 1.54) is 17.3 Å². The second kappa shape index (κ2) is 4.76. The van der Waals surface area contributed by atoms with Crippen molar-refractivity contribution in [2.24, 2.45) is 23.7 Å². The highest BCUT2D eigenvalue weighted by atomic mass is 32.2. The molecule has 4 N–H and O–H groups in total. The van der Waals surface area contributed by atoms with Crippen LogP contribution in [0.2, 0.25) is 0 Å². The average Bonchev–Trinajstić information content (AvgIpc) is 2.51. The van der Waals surface area contributed by atoms with E-state index in [4.69, 9.17) is 11.6 Å². The van der Waals surface area contributed by atoms with Crippen molar-refractivity contribution in [2.45, 2.75) is 6.42 Å². The van der Waals surface area contributed by atoms with Crippen LogP contribution < -0.4 is 11.6 Å². The van der Waals surface area contributed by atoms with Crippen LogP contribution in [0.4, 0.5) is 0 Å². The van der Waals surface area contributed by atoms with Gasteiger partial charge in [0.2, 0.25) is 0 Å². The molecule has 0 aliphatic carbocycles. The Morgan fingerprint density at radius 3 is 3.08 bits per heavy atom. The summed E-state index contributed by atoms with van der Waals surface area (Å²) >= 11 is 1.45. The third-order valence-electron chi connectivity index (χ3n) is 1.53. The number of thioether (sulfide) groups is 1. The van der Waals surface area contributed by atoms with Crippen molar-refractivity contribution in [3.8, 4) is 0 Å². The molecule has 1 rings (SSSR count). The van der Waals surface area contributed by atoms with Crippen molar-refractivity contribution >= 4 is 16.9 Å². The van der Waals surface area contributed by atoms with Gasteiger partial charge in [-0.2, -0.15) is 10.2 Å². The maximum Gasteiger partial charge on any atom is 0.177 e. The summed E-state index contributed by atoms with van der Waals surface area (Å²) in [4.78, 5) is 0. The monoisotopic (exact) mass is 199 g/mol. The van der Waals surface area contributed by atoms with Gasteiger partial charge in [0.25, 0.3) is 0 Å². The minimum Gasteiger partial charge on any atom is -0.377 e. The zero-order valence-corrected chi connectivity index (χ0v) is 8.29. The summed E-state index contributed by atoms with van der Waals surface area (Å²) in [6, 6.07) is 0. The van der Waals surface area contributed by atoms with E-state index < -0.39 is 0 Å². The van der Waals surface area contributed by atoms with Crippen molar-refractivity contribution < 1.29 is 0 Å². The normalized spacial score (nSPS) is 11.9. The fraction of sp³-hybridized carbons (Fsp3) is 0.429. The molecule has 6 heteroatoms. The molecule has 0 saturated heterocycles. The molecule has 0 spiro atoms. The first-order valence-electron chi connectivity index (χ1n) is 3.86. The number of hydrogen-bond donors (Lipinski definition) is 2. The lowest BCUT2D eigenvalue weighted by Crippen LogP contribution is -2.10. The minimum atomic E-state index is 0.420. The van der Waals surface area contributed by atoms with Gasteiger partial charge in [-0.1, -0.05) is 11.8 Å². The van der Waals surface area contributed by atoms with Gasteiger partial charge in [0.15, 0.2) is 5.17 Å². The molecule has 1 heterocycles. The summed E-state index contributed by atoms with van der Waals surface area (Å²) in [6.45, 7) is 0. The van der Waals surface area contributed by atoms with Crippen LogP contribution in [0.3, 0.4) is 0 Å². The van der Waals surface area contributed by atoms with Gasteiger partial charge in [-0.15, -0.1) is 0 Å². The highest BCUT2D eigenvalue weighted by Crippen LogP contribution is 2.05. The molecule has 0 bridgehead atoms. The van der Waals surface area contributed by atoms with E-state index in [1.807, 2.05) is 19.4 Å². The summed E-state index contributed by atoms with van der Waals surface area (Å²) in [5.41, 5.74) is 6.60. The molecule has 0 unspecified atom stereocenters. The second-order valence-electron chi connectivity index (χ2n) is 2.59. The Labute approximate surface area is 81.2 Å². The number of hydrazone groups is 1. The van der Waals surface area contributed by atoms with Crippen LogP contribution in [0.15, 0.2) is 17.5 Å². The third kappa shape index (κ3) is 3.37. The van der Waals surface area contributed by atoms with Crippen LogP contribution in [0, 0.1) is 0 Å². The second-order valence-corrected chi connectivity index (χ2v) is 3.70. The Hall–Kier alpha value is -1.17. The van der Waals surface area contributed by atoms with Crippen molar-refractivity contribution in [2.75, 3.05) is 5.75 Å². The predicted molar refractivity (Wildman–Crippen MR) is 55.2 cm³/mol. The number of amidine groups is 1. The van der Waals surface area contributed by atoms with Gasteiger partial charge in [-0.3, -0.25) is 4.68 Å². The molecule has 0 radical (unpaired) electrons. The Morgan fingerprint density at radius 2 is 2.54 bits per heavy atom. The fourth-order valence-corrected chi connectivity index (χ4v) is 1.53. The molecule has 0 aromatic carbocycles. The molecule has 0 aliphatic heterocycles. The Kier molecular flexibility index (Phi) is 3.63. The number of nitrogens with zero attached hydrogens (tertiary/aromatic N) is 3. The van der Waals surface area contributed by atoms with E-state index in [-0.39, 0.29) is 0 Å². The minimum absolute atomic E-state index is 0.420. The third-order valence-corrected chi connectivity index (χ3v) is 2.34. The van der Waals surface area contributed by atoms with E-state index in [1.54, 1.807) is 4.68 Å². The van der Waals surface area contributed by atoms with Gasteiger partial charge in [-0.05, 0) is 12.0 Å². The molecule has 13 heavy (non-hydrogen) atoms. The molecular formula is C7H13N5S. The Bertz CT molecular complexity index is 293. The highest BCUT2D eigenvalue weighted by Gasteiger charge is 1.97. The van der Waals surface area contributed by atoms with Crippen LogP contribution in [0.25, 0.3) is 0 Å². The summed E-state index contributed by atoms with van der Waals surface area (Å²) in [5, 5.41) is 7.84. The van der Waals surface area contributed by atoms with E-state index in [0.29, 0.717) is 5.17 Å². The molecule has 0 saturated carbocycles. The van der Waals surface area contributed by atoms with E-state index >= 15 is 0 Å². The number of aromatic nitrogens is 2. The van der Waals surface area contributed by atoms with Crippen LogP contribution >= 0.6 is 11.8 Å². The zero-order valence-electron chi connectivity index (χ0n) is 7.47. The van der Waals surface area contributed by atoms with Crippen molar-refractivity contribution in [3.05, 3.63) is 18.0 Å². The molecule has 1 aromatic heterocycles. The highest BCUT2D eigenvalue weighted by molar-refractivity contribution is 8.13. The van der Waals surface area contributed by atoms with Crippen LogP contribution in [-0.2, 0) is 13.5 Å². The van der Waals surface area contributed by atoms with E-state index in [2.05, 4.69) is 10.2 Å². The fourth-order valence-electron chi connectivity index (χ4n) is 0.912. The maximum atomic E-state index is 5.41. The lowest BCUT2D eigenvalue weighted by Gasteiger charge is -1.96. The van der Waals surface area contributed by atoms with Gasteiger partial charge < -0.3 is 11.6 Å². The van der Waals surface area contributed by atoms with Gasteiger partial charge in [0, 0.05) is 19.0 Å². The molecule has 0 aliphatic rings. The molecule has 0 atom stereocenters. The average molecular weight is 199 g/mol. The largest absolute Gasteiger partial charge is 0.377 e. The van der Waals surface area contributed by atoms with Crippen LogP contribution in [0.5, 0.6) is 0 Å². The van der Waals surface area contributed by atoms with Gasteiger partial charge in [0.05, 0.1) is 6.20 Å². The molecule has 1 aromatic rings. The van der Waals surface area contributed by atoms with Crippen molar-refractivity contribution in [1.29, 1.82) is 0 Å². The number of rotatable bonds is 3. The van der Waals surface area contributed by atoms with E-state index in [9.17, 15) is 0 Å². The van der Waals surface area contributed by atoms with Crippen molar-refractivity contribution in [1.82, 2.24) is 9.78 Å². The number of nitrogens with two attached hydrogens (primary N) is 2. The molecular weight excluding hydrogens is 186 g/mol. The SMILES string of the molecule is Cn1cc(CCS/C(N)=N/N)cn1. The number of aryl methyl sites for hydroxylation is 2. The molecule has 0 amide bonds. The summed E-state index contributed by atoms with van der Waals surface area (Å²) in [6.07, 6.45) is 4.75. The standard InChI is InChI=1S/C7H13N5S/c1-12-5-6(4-10-12)2-3-13-7(8)11-9/h4-5H,2-3,9H2,1H3,(H2,8,11). The molecule has 5 nitrogen and oxygen atoms in total.